The molecular formula is C24H48O3. The first-order chi connectivity index (χ1) is 13.3. The average molecular weight is 385 g/mol. The van der Waals surface area contributed by atoms with E-state index in [-0.39, 0.29) is 12.9 Å². The molecule has 27 heavy (non-hydrogen) atoms. The molecule has 0 spiro atoms. The summed E-state index contributed by atoms with van der Waals surface area (Å²) < 4.78 is 12.1. The fraction of sp³-hybridized carbons (Fsp3) is 0.917. The second-order valence-electron chi connectivity index (χ2n) is 7.62. The van der Waals surface area contributed by atoms with Crippen LogP contribution in [0.1, 0.15) is 117 Å². The fourth-order valence-corrected chi connectivity index (χ4v) is 3.12. The number of hydrogen-bond donors (Lipinski definition) is 1. The maximum Gasteiger partial charge on any atom is 0.157 e. The number of allylic oxidation sites excluding steroid dienone is 1. The Kier molecular flexibility index (Phi) is 23.3. The second-order valence-corrected chi connectivity index (χ2v) is 7.62. The molecule has 0 fully saturated rings. The smallest absolute Gasteiger partial charge is 0.157 e. The molecular weight excluding hydrogens is 336 g/mol. The number of aliphatic hydroxyl groups excluding tert-OH is 1. The van der Waals surface area contributed by atoms with Gasteiger partial charge in [-0.25, -0.2) is 0 Å². The summed E-state index contributed by atoms with van der Waals surface area (Å²) in [6.07, 6.45) is 23.6. The summed E-state index contributed by atoms with van der Waals surface area (Å²) in [5, 5.41) is 8.80. The van der Waals surface area contributed by atoms with Gasteiger partial charge in [0.05, 0.1) is 0 Å². The lowest BCUT2D eigenvalue weighted by Crippen LogP contribution is -2.19. The van der Waals surface area contributed by atoms with E-state index < -0.39 is 0 Å². The minimum Gasteiger partial charge on any atom is -0.396 e. The van der Waals surface area contributed by atoms with Crippen molar-refractivity contribution in [2.24, 2.45) is 0 Å². The Morgan fingerprint density at radius 2 is 1.11 bits per heavy atom. The van der Waals surface area contributed by atoms with E-state index in [1.807, 2.05) is 0 Å². The van der Waals surface area contributed by atoms with Gasteiger partial charge in [0.15, 0.2) is 6.29 Å². The lowest BCUT2D eigenvalue weighted by Gasteiger charge is -2.18. The van der Waals surface area contributed by atoms with Gasteiger partial charge in [-0.2, -0.15) is 0 Å². The zero-order valence-electron chi connectivity index (χ0n) is 18.4. The Bertz CT molecular complexity index is 273. The number of unbranched alkanes of at least 4 members (excludes halogenated alkanes) is 11. The molecule has 0 radical (unpaired) electrons. The predicted octanol–water partition coefficient (Wildman–Crippen LogP) is 7.18. The van der Waals surface area contributed by atoms with Gasteiger partial charge in [-0.15, -0.1) is 0 Å². The van der Waals surface area contributed by atoms with Crippen molar-refractivity contribution in [3.63, 3.8) is 0 Å². The Morgan fingerprint density at radius 3 is 1.63 bits per heavy atom. The van der Waals surface area contributed by atoms with Crippen LogP contribution in [0.4, 0.5) is 0 Å². The van der Waals surface area contributed by atoms with Crippen molar-refractivity contribution in [3.8, 4) is 0 Å². The monoisotopic (exact) mass is 384 g/mol. The molecule has 1 N–H and O–H groups in total. The number of ether oxygens (including phenoxy) is 2. The van der Waals surface area contributed by atoms with E-state index in [0.29, 0.717) is 0 Å². The summed E-state index contributed by atoms with van der Waals surface area (Å²) >= 11 is 0. The molecule has 0 unspecified atom stereocenters. The summed E-state index contributed by atoms with van der Waals surface area (Å²) in [7, 11) is 0. The molecule has 3 heteroatoms. The number of aliphatic hydroxyl groups is 1. The van der Waals surface area contributed by atoms with E-state index >= 15 is 0 Å². The molecule has 3 nitrogen and oxygen atoms in total. The van der Waals surface area contributed by atoms with Gasteiger partial charge in [0.1, 0.15) is 0 Å². The highest BCUT2D eigenvalue weighted by molar-refractivity contribution is 4.81. The minimum atomic E-state index is -0.0393. The largest absolute Gasteiger partial charge is 0.396 e. The molecule has 0 amide bonds. The Morgan fingerprint density at radius 1 is 0.630 bits per heavy atom. The van der Waals surface area contributed by atoms with Crippen molar-refractivity contribution < 1.29 is 14.6 Å². The van der Waals surface area contributed by atoms with Gasteiger partial charge < -0.3 is 14.6 Å². The van der Waals surface area contributed by atoms with Crippen LogP contribution in [-0.4, -0.2) is 31.2 Å². The van der Waals surface area contributed by atoms with Gasteiger partial charge >= 0.3 is 0 Å². The Hall–Kier alpha value is -0.380. The number of hydrogen-bond acceptors (Lipinski definition) is 3. The van der Waals surface area contributed by atoms with Crippen molar-refractivity contribution in [2.45, 2.75) is 123 Å². The molecule has 0 aromatic heterocycles. The molecule has 0 aliphatic carbocycles. The van der Waals surface area contributed by atoms with E-state index in [4.69, 9.17) is 14.6 Å². The first-order valence-electron chi connectivity index (χ1n) is 11.8. The van der Waals surface area contributed by atoms with Crippen LogP contribution in [0.15, 0.2) is 12.2 Å². The predicted molar refractivity (Wildman–Crippen MR) is 117 cm³/mol. The third kappa shape index (κ3) is 21.8. The summed E-state index contributed by atoms with van der Waals surface area (Å²) in [5.41, 5.74) is 0. The van der Waals surface area contributed by atoms with Gasteiger partial charge in [-0.05, 0) is 38.5 Å². The van der Waals surface area contributed by atoms with Gasteiger partial charge in [0.25, 0.3) is 0 Å². The third-order valence-electron chi connectivity index (χ3n) is 4.88. The van der Waals surface area contributed by atoms with E-state index in [0.717, 1.165) is 51.7 Å². The SMILES string of the molecule is CCCCCCCCOC(CCC/C=C\CCO)OCCCCCCCC. The lowest BCUT2D eigenvalue weighted by atomic mass is 10.1. The van der Waals surface area contributed by atoms with Crippen LogP contribution >= 0.6 is 0 Å². The quantitative estimate of drug-likeness (QED) is 0.122. The summed E-state index contributed by atoms with van der Waals surface area (Å²) in [4.78, 5) is 0. The van der Waals surface area contributed by atoms with Crippen LogP contribution in [0.5, 0.6) is 0 Å². The number of rotatable bonds is 22. The first kappa shape index (κ1) is 26.6. The van der Waals surface area contributed by atoms with Gasteiger partial charge in [-0.3, -0.25) is 0 Å². The molecule has 0 saturated carbocycles. The topological polar surface area (TPSA) is 38.7 Å². The Balaban J connectivity index is 3.84. The van der Waals surface area contributed by atoms with Gasteiger partial charge in [0.2, 0.25) is 0 Å². The van der Waals surface area contributed by atoms with Gasteiger partial charge in [-0.1, -0.05) is 90.2 Å². The summed E-state index contributed by atoms with van der Waals surface area (Å²) in [6, 6.07) is 0. The zero-order valence-corrected chi connectivity index (χ0v) is 18.4. The zero-order chi connectivity index (χ0) is 19.8. The van der Waals surface area contributed by atoms with Crippen molar-refractivity contribution in [2.75, 3.05) is 19.8 Å². The van der Waals surface area contributed by atoms with E-state index in [1.54, 1.807) is 0 Å². The normalized spacial score (nSPS) is 11.9. The van der Waals surface area contributed by atoms with Crippen LogP contribution in [-0.2, 0) is 9.47 Å². The fourth-order valence-electron chi connectivity index (χ4n) is 3.12. The van der Waals surface area contributed by atoms with Gasteiger partial charge in [0, 0.05) is 19.8 Å². The summed E-state index contributed by atoms with van der Waals surface area (Å²) in [6.45, 7) is 6.41. The standard InChI is InChI=1S/C24H48O3/c1-3-5-7-9-14-18-22-26-24(20-16-12-11-13-17-21-25)27-23-19-15-10-8-6-4-2/h11,13,24-25H,3-10,12,14-23H2,1-2H3/b13-11-. The van der Waals surface area contributed by atoms with Crippen LogP contribution in [0.25, 0.3) is 0 Å². The van der Waals surface area contributed by atoms with Crippen LogP contribution in [0.3, 0.4) is 0 Å². The lowest BCUT2D eigenvalue weighted by molar-refractivity contribution is -0.147. The molecule has 0 aromatic carbocycles. The minimum absolute atomic E-state index is 0.0393. The van der Waals surface area contributed by atoms with E-state index in [9.17, 15) is 0 Å². The van der Waals surface area contributed by atoms with E-state index in [2.05, 4.69) is 26.0 Å². The molecule has 0 saturated heterocycles. The average Bonchev–Trinajstić information content (AvgIpc) is 2.68. The molecule has 0 aliphatic heterocycles. The highest BCUT2D eigenvalue weighted by atomic mass is 16.7. The molecule has 0 bridgehead atoms. The maximum atomic E-state index is 8.80. The third-order valence-corrected chi connectivity index (χ3v) is 4.88. The summed E-state index contributed by atoms with van der Waals surface area (Å²) in [5.74, 6) is 0. The van der Waals surface area contributed by atoms with Crippen molar-refractivity contribution in [1.29, 1.82) is 0 Å². The highest BCUT2D eigenvalue weighted by Gasteiger charge is 2.08. The molecule has 0 aromatic rings. The Labute approximate surface area is 169 Å². The molecule has 0 rings (SSSR count). The van der Waals surface area contributed by atoms with E-state index in [1.165, 1.54) is 64.2 Å². The highest BCUT2D eigenvalue weighted by Crippen LogP contribution is 2.12. The van der Waals surface area contributed by atoms with Crippen LogP contribution in [0, 0.1) is 0 Å². The molecule has 162 valence electrons. The second kappa shape index (κ2) is 23.7. The van der Waals surface area contributed by atoms with Crippen LogP contribution in [0.2, 0.25) is 0 Å². The van der Waals surface area contributed by atoms with Crippen molar-refractivity contribution >= 4 is 0 Å². The molecule has 0 atom stereocenters. The first-order valence-corrected chi connectivity index (χ1v) is 11.8. The molecule has 0 heterocycles. The van der Waals surface area contributed by atoms with Crippen molar-refractivity contribution in [3.05, 3.63) is 12.2 Å². The van der Waals surface area contributed by atoms with Crippen molar-refractivity contribution in [1.82, 2.24) is 0 Å². The molecule has 0 aliphatic rings. The van der Waals surface area contributed by atoms with Crippen LogP contribution < -0.4 is 0 Å². The maximum absolute atomic E-state index is 8.80.